The van der Waals surface area contributed by atoms with Crippen LogP contribution in [0.2, 0.25) is 0 Å². The van der Waals surface area contributed by atoms with Gasteiger partial charge in [-0.05, 0) is 18.6 Å². The Morgan fingerprint density at radius 1 is 1.57 bits per heavy atom. The van der Waals surface area contributed by atoms with E-state index in [1.807, 2.05) is 24.4 Å². The molecular formula is C12H16N2. The van der Waals surface area contributed by atoms with Crippen LogP contribution in [0.3, 0.4) is 0 Å². The molecule has 1 heterocycles. The molecule has 1 rings (SSSR count). The fourth-order valence-corrected chi connectivity index (χ4v) is 1.41. The molecule has 0 aliphatic carbocycles. The Balaban J connectivity index is 2.63. The summed E-state index contributed by atoms with van der Waals surface area (Å²) >= 11 is 0. The summed E-state index contributed by atoms with van der Waals surface area (Å²) in [5, 5.41) is 3.29. The third-order valence-corrected chi connectivity index (χ3v) is 2.07. The summed E-state index contributed by atoms with van der Waals surface area (Å²) in [6.07, 6.45) is 9.23. The van der Waals surface area contributed by atoms with Crippen molar-refractivity contribution in [2.45, 2.75) is 25.8 Å². The Bertz CT molecular complexity index is 287. The lowest BCUT2D eigenvalue weighted by atomic mass is 10.1. The van der Waals surface area contributed by atoms with Crippen LogP contribution < -0.4 is 5.32 Å². The van der Waals surface area contributed by atoms with E-state index in [1.54, 1.807) is 0 Å². The van der Waals surface area contributed by atoms with Gasteiger partial charge in [0.1, 0.15) is 0 Å². The topological polar surface area (TPSA) is 24.9 Å². The standard InChI is InChI=1S/C12H16N2/c1-3-7-11(13-9-4-2)12-8-5-6-10-14-12/h2,5-6,8,10-11,13H,3,7,9H2,1H3. The third-order valence-electron chi connectivity index (χ3n) is 2.07. The average molecular weight is 188 g/mol. The maximum Gasteiger partial charge on any atom is 0.0579 e. The van der Waals surface area contributed by atoms with Crippen molar-refractivity contribution in [1.29, 1.82) is 0 Å². The zero-order valence-electron chi connectivity index (χ0n) is 8.53. The van der Waals surface area contributed by atoms with E-state index in [1.165, 1.54) is 0 Å². The van der Waals surface area contributed by atoms with Gasteiger partial charge in [0.05, 0.1) is 18.3 Å². The molecule has 1 aromatic rings. The molecule has 0 aliphatic heterocycles. The van der Waals surface area contributed by atoms with Crippen molar-refractivity contribution in [3.8, 4) is 12.3 Å². The maximum absolute atomic E-state index is 5.22. The molecule has 0 radical (unpaired) electrons. The van der Waals surface area contributed by atoms with E-state index in [-0.39, 0.29) is 6.04 Å². The van der Waals surface area contributed by atoms with Crippen LogP contribution >= 0.6 is 0 Å². The highest BCUT2D eigenvalue weighted by molar-refractivity contribution is 5.09. The third kappa shape index (κ3) is 3.20. The van der Waals surface area contributed by atoms with Gasteiger partial charge < -0.3 is 0 Å². The smallest absolute Gasteiger partial charge is 0.0579 e. The molecule has 1 atom stereocenters. The van der Waals surface area contributed by atoms with Gasteiger partial charge in [-0.3, -0.25) is 10.3 Å². The number of terminal acetylenes is 1. The minimum atomic E-state index is 0.289. The fourth-order valence-electron chi connectivity index (χ4n) is 1.41. The predicted octanol–water partition coefficient (Wildman–Crippen LogP) is 2.15. The monoisotopic (exact) mass is 188 g/mol. The second kappa shape index (κ2) is 6.17. The molecule has 0 bridgehead atoms. The van der Waals surface area contributed by atoms with E-state index in [9.17, 15) is 0 Å². The summed E-state index contributed by atoms with van der Waals surface area (Å²) in [6.45, 7) is 2.76. The number of hydrogen-bond acceptors (Lipinski definition) is 2. The van der Waals surface area contributed by atoms with Crippen molar-refractivity contribution in [2.75, 3.05) is 6.54 Å². The lowest BCUT2D eigenvalue weighted by Gasteiger charge is -2.15. The summed E-state index contributed by atoms with van der Waals surface area (Å²) < 4.78 is 0. The van der Waals surface area contributed by atoms with Crippen molar-refractivity contribution in [1.82, 2.24) is 10.3 Å². The van der Waals surface area contributed by atoms with Gasteiger partial charge >= 0.3 is 0 Å². The Kier molecular flexibility index (Phi) is 4.74. The second-order valence-corrected chi connectivity index (χ2v) is 3.18. The first-order chi connectivity index (χ1) is 6.88. The molecule has 0 saturated carbocycles. The number of hydrogen-bond donors (Lipinski definition) is 1. The van der Waals surface area contributed by atoms with E-state index in [4.69, 9.17) is 6.42 Å². The zero-order valence-corrected chi connectivity index (χ0v) is 8.53. The van der Waals surface area contributed by atoms with Gasteiger partial charge in [0.2, 0.25) is 0 Å². The van der Waals surface area contributed by atoms with Gasteiger partial charge in [-0.15, -0.1) is 6.42 Å². The van der Waals surface area contributed by atoms with Crippen LogP contribution in [0.25, 0.3) is 0 Å². The van der Waals surface area contributed by atoms with Gasteiger partial charge in [0.25, 0.3) is 0 Å². The van der Waals surface area contributed by atoms with E-state index in [0.29, 0.717) is 6.54 Å². The van der Waals surface area contributed by atoms with Crippen molar-refractivity contribution >= 4 is 0 Å². The van der Waals surface area contributed by atoms with Crippen molar-refractivity contribution < 1.29 is 0 Å². The van der Waals surface area contributed by atoms with E-state index < -0.39 is 0 Å². The van der Waals surface area contributed by atoms with E-state index in [2.05, 4.69) is 23.1 Å². The minimum absolute atomic E-state index is 0.289. The van der Waals surface area contributed by atoms with Crippen molar-refractivity contribution in [2.24, 2.45) is 0 Å². The van der Waals surface area contributed by atoms with Crippen molar-refractivity contribution in [3.63, 3.8) is 0 Å². The molecular weight excluding hydrogens is 172 g/mol. The predicted molar refractivity (Wildman–Crippen MR) is 58.7 cm³/mol. The van der Waals surface area contributed by atoms with Crippen LogP contribution in [0.5, 0.6) is 0 Å². The Morgan fingerprint density at radius 2 is 2.43 bits per heavy atom. The summed E-state index contributed by atoms with van der Waals surface area (Å²) in [5.41, 5.74) is 1.07. The van der Waals surface area contributed by atoms with E-state index in [0.717, 1.165) is 18.5 Å². The largest absolute Gasteiger partial charge is 0.298 e. The summed E-state index contributed by atoms with van der Waals surface area (Å²) in [5.74, 6) is 2.59. The SMILES string of the molecule is C#CCNC(CCC)c1ccccn1. The van der Waals surface area contributed by atoms with Crippen LogP contribution in [0, 0.1) is 12.3 Å². The first-order valence-corrected chi connectivity index (χ1v) is 4.96. The second-order valence-electron chi connectivity index (χ2n) is 3.18. The van der Waals surface area contributed by atoms with Gasteiger partial charge in [0.15, 0.2) is 0 Å². The lowest BCUT2D eigenvalue weighted by molar-refractivity contribution is 0.512. The minimum Gasteiger partial charge on any atom is -0.298 e. The normalized spacial score (nSPS) is 12.0. The summed E-state index contributed by atoms with van der Waals surface area (Å²) in [7, 11) is 0. The molecule has 2 heteroatoms. The quantitative estimate of drug-likeness (QED) is 0.716. The zero-order chi connectivity index (χ0) is 10.2. The van der Waals surface area contributed by atoms with Crippen LogP contribution in [-0.2, 0) is 0 Å². The van der Waals surface area contributed by atoms with Crippen LogP contribution in [0.4, 0.5) is 0 Å². The fraction of sp³-hybridized carbons (Fsp3) is 0.417. The number of nitrogens with zero attached hydrogens (tertiary/aromatic N) is 1. The first kappa shape index (κ1) is 10.7. The Labute approximate surface area is 85.8 Å². The molecule has 0 amide bonds. The molecule has 0 fully saturated rings. The van der Waals surface area contributed by atoms with Gasteiger partial charge in [-0.1, -0.05) is 25.3 Å². The molecule has 74 valence electrons. The van der Waals surface area contributed by atoms with Gasteiger partial charge in [0, 0.05) is 6.20 Å². The van der Waals surface area contributed by atoms with Crippen LogP contribution in [0.1, 0.15) is 31.5 Å². The molecule has 2 nitrogen and oxygen atoms in total. The molecule has 0 saturated heterocycles. The number of rotatable bonds is 5. The van der Waals surface area contributed by atoms with Gasteiger partial charge in [-0.25, -0.2) is 0 Å². The maximum atomic E-state index is 5.22. The number of nitrogens with one attached hydrogen (secondary N) is 1. The highest BCUT2D eigenvalue weighted by atomic mass is 14.9. The summed E-state index contributed by atoms with van der Waals surface area (Å²) in [6, 6.07) is 6.25. The van der Waals surface area contributed by atoms with Crippen LogP contribution in [0.15, 0.2) is 24.4 Å². The molecule has 1 aromatic heterocycles. The average Bonchev–Trinajstić information content (AvgIpc) is 2.25. The van der Waals surface area contributed by atoms with Gasteiger partial charge in [-0.2, -0.15) is 0 Å². The molecule has 0 spiro atoms. The number of pyridine rings is 1. The molecule has 1 N–H and O–H groups in total. The highest BCUT2D eigenvalue weighted by Gasteiger charge is 2.09. The number of aromatic nitrogens is 1. The molecule has 14 heavy (non-hydrogen) atoms. The molecule has 0 aromatic carbocycles. The molecule has 1 unspecified atom stereocenters. The van der Waals surface area contributed by atoms with Crippen LogP contribution in [-0.4, -0.2) is 11.5 Å². The highest BCUT2D eigenvalue weighted by Crippen LogP contribution is 2.14. The lowest BCUT2D eigenvalue weighted by Crippen LogP contribution is -2.22. The van der Waals surface area contributed by atoms with E-state index >= 15 is 0 Å². The Hall–Kier alpha value is -1.33. The summed E-state index contributed by atoms with van der Waals surface area (Å²) in [4.78, 5) is 4.32. The van der Waals surface area contributed by atoms with Crippen molar-refractivity contribution in [3.05, 3.63) is 30.1 Å². The molecule has 0 aliphatic rings. The first-order valence-electron chi connectivity index (χ1n) is 4.96. The Morgan fingerprint density at radius 3 is 3.00 bits per heavy atom.